The van der Waals surface area contributed by atoms with Gasteiger partial charge in [-0.25, -0.2) is 4.98 Å². The SMILES string of the molecule is CC(C)n1c([C@@H]2CC(=O)N(c3ccccc3)C2)nc2ccccc21. The minimum absolute atomic E-state index is 0.132. The van der Waals surface area contributed by atoms with Gasteiger partial charge in [0.1, 0.15) is 5.82 Å². The monoisotopic (exact) mass is 319 g/mol. The number of anilines is 1. The molecule has 1 aliphatic rings. The van der Waals surface area contributed by atoms with E-state index < -0.39 is 0 Å². The van der Waals surface area contributed by atoms with Crippen molar-refractivity contribution in [2.24, 2.45) is 0 Å². The fourth-order valence-electron chi connectivity index (χ4n) is 3.63. The third kappa shape index (κ3) is 2.39. The molecule has 2 heterocycles. The molecule has 1 saturated heterocycles. The quantitative estimate of drug-likeness (QED) is 0.728. The molecule has 4 heteroatoms. The summed E-state index contributed by atoms with van der Waals surface area (Å²) in [6.45, 7) is 5.03. The molecule has 1 aliphatic heterocycles. The smallest absolute Gasteiger partial charge is 0.227 e. The summed E-state index contributed by atoms with van der Waals surface area (Å²) in [4.78, 5) is 19.3. The maximum atomic E-state index is 12.5. The van der Waals surface area contributed by atoms with Crippen molar-refractivity contribution >= 4 is 22.6 Å². The summed E-state index contributed by atoms with van der Waals surface area (Å²) in [5.74, 6) is 1.33. The van der Waals surface area contributed by atoms with Crippen LogP contribution in [0.5, 0.6) is 0 Å². The van der Waals surface area contributed by atoms with Crippen LogP contribution in [0.4, 0.5) is 5.69 Å². The Morgan fingerprint density at radius 2 is 1.75 bits per heavy atom. The van der Waals surface area contributed by atoms with Crippen molar-refractivity contribution in [2.45, 2.75) is 32.2 Å². The average Bonchev–Trinajstić information content (AvgIpc) is 3.16. The van der Waals surface area contributed by atoms with Gasteiger partial charge in [0.2, 0.25) is 5.91 Å². The average molecular weight is 319 g/mol. The van der Waals surface area contributed by atoms with Crippen LogP contribution in [0, 0.1) is 0 Å². The first-order valence-corrected chi connectivity index (χ1v) is 8.47. The van der Waals surface area contributed by atoms with Gasteiger partial charge in [-0.1, -0.05) is 30.3 Å². The topological polar surface area (TPSA) is 38.1 Å². The predicted molar refractivity (Wildman–Crippen MR) is 96.3 cm³/mol. The molecular weight excluding hydrogens is 298 g/mol. The Morgan fingerprint density at radius 1 is 1.04 bits per heavy atom. The fourth-order valence-corrected chi connectivity index (χ4v) is 3.63. The van der Waals surface area contributed by atoms with Crippen LogP contribution in [0.3, 0.4) is 0 Å². The number of hydrogen-bond acceptors (Lipinski definition) is 2. The molecule has 0 aliphatic carbocycles. The molecule has 2 aromatic carbocycles. The van der Waals surface area contributed by atoms with Crippen LogP contribution >= 0.6 is 0 Å². The van der Waals surface area contributed by atoms with Crippen molar-refractivity contribution in [3.8, 4) is 0 Å². The Kier molecular flexibility index (Phi) is 3.60. The normalized spacial score (nSPS) is 18.0. The van der Waals surface area contributed by atoms with Crippen molar-refractivity contribution < 1.29 is 4.79 Å². The van der Waals surface area contributed by atoms with Gasteiger partial charge >= 0.3 is 0 Å². The van der Waals surface area contributed by atoms with Crippen molar-refractivity contribution in [3.63, 3.8) is 0 Å². The lowest BCUT2D eigenvalue weighted by molar-refractivity contribution is -0.117. The number of carbonyl (C=O) groups is 1. The standard InChI is InChI=1S/C20H21N3O/c1-14(2)23-18-11-7-6-10-17(18)21-20(23)15-12-19(24)22(13-15)16-8-4-3-5-9-16/h3-11,14-15H,12-13H2,1-2H3/t15-/m1/s1. The lowest BCUT2D eigenvalue weighted by atomic mass is 10.1. The van der Waals surface area contributed by atoms with Crippen molar-refractivity contribution in [1.82, 2.24) is 9.55 Å². The molecule has 0 radical (unpaired) electrons. The third-order valence-electron chi connectivity index (χ3n) is 4.70. The summed E-state index contributed by atoms with van der Waals surface area (Å²) < 4.78 is 2.28. The second-order valence-electron chi connectivity index (χ2n) is 6.66. The second-order valence-corrected chi connectivity index (χ2v) is 6.66. The zero-order chi connectivity index (χ0) is 16.7. The van der Waals surface area contributed by atoms with E-state index >= 15 is 0 Å². The summed E-state index contributed by atoms with van der Waals surface area (Å²) in [5, 5.41) is 0. The van der Waals surface area contributed by atoms with Crippen LogP contribution in [-0.4, -0.2) is 22.0 Å². The van der Waals surface area contributed by atoms with Crippen molar-refractivity contribution in [3.05, 3.63) is 60.4 Å². The van der Waals surface area contributed by atoms with Crippen LogP contribution in [0.1, 0.15) is 38.1 Å². The Balaban J connectivity index is 1.74. The molecule has 1 amide bonds. The van der Waals surface area contributed by atoms with Crippen LogP contribution in [0.25, 0.3) is 11.0 Å². The van der Waals surface area contributed by atoms with Gasteiger partial charge in [-0.05, 0) is 38.1 Å². The first-order chi connectivity index (χ1) is 11.6. The minimum Gasteiger partial charge on any atom is -0.325 e. The molecule has 24 heavy (non-hydrogen) atoms. The summed E-state index contributed by atoms with van der Waals surface area (Å²) >= 11 is 0. The van der Waals surface area contributed by atoms with Crippen LogP contribution in [0.2, 0.25) is 0 Å². The van der Waals surface area contributed by atoms with E-state index in [9.17, 15) is 4.79 Å². The number of amides is 1. The Morgan fingerprint density at radius 3 is 2.50 bits per heavy atom. The van der Waals surface area contributed by atoms with E-state index in [2.05, 4.69) is 24.5 Å². The number of nitrogens with zero attached hydrogens (tertiary/aromatic N) is 3. The number of imidazole rings is 1. The van der Waals surface area contributed by atoms with E-state index in [0.717, 1.165) is 22.5 Å². The Hall–Kier alpha value is -2.62. The fraction of sp³-hybridized carbons (Fsp3) is 0.300. The summed E-state index contributed by atoms with van der Waals surface area (Å²) in [7, 11) is 0. The first kappa shape index (κ1) is 14.9. The van der Waals surface area contributed by atoms with E-state index in [0.29, 0.717) is 19.0 Å². The van der Waals surface area contributed by atoms with Crippen LogP contribution in [-0.2, 0) is 4.79 Å². The summed E-state index contributed by atoms with van der Waals surface area (Å²) in [6.07, 6.45) is 0.519. The van der Waals surface area contributed by atoms with Gasteiger partial charge in [0.05, 0.1) is 11.0 Å². The number of carbonyl (C=O) groups excluding carboxylic acids is 1. The van der Waals surface area contributed by atoms with Crippen LogP contribution in [0.15, 0.2) is 54.6 Å². The lowest BCUT2D eigenvalue weighted by Gasteiger charge is -2.18. The zero-order valence-corrected chi connectivity index (χ0v) is 14.0. The maximum absolute atomic E-state index is 12.5. The number of rotatable bonds is 3. The van der Waals surface area contributed by atoms with Crippen molar-refractivity contribution in [1.29, 1.82) is 0 Å². The maximum Gasteiger partial charge on any atom is 0.227 e. The molecule has 0 saturated carbocycles. The molecular formula is C20H21N3O. The molecule has 4 rings (SSSR count). The summed E-state index contributed by atoms with van der Waals surface area (Å²) in [6, 6.07) is 18.4. The third-order valence-corrected chi connectivity index (χ3v) is 4.70. The molecule has 0 unspecified atom stereocenters. The molecule has 1 fully saturated rings. The first-order valence-electron chi connectivity index (χ1n) is 8.47. The molecule has 0 spiro atoms. The molecule has 0 N–H and O–H groups in total. The Labute approximate surface area is 141 Å². The molecule has 1 aromatic heterocycles. The molecule has 0 bridgehead atoms. The van der Waals surface area contributed by atoms with Gasteiger partial charge in [0.25, 0.3) is 0 Å². The Bertz CT molecular complexity index is 882. The van der Waals surface area contributed by atoms with E-state index in [4.69, 9.17) is 4.98 Å². The van der Waals surface area contributed by atoms with Gasteiger partial charge in [0.15, 0.2) is 0 Å². The zero-order valence-electron chi connectivity index (χ0n) is 14.0. The highest BCUT2D eigenvalue weighted by Crippen LogP contribution is 2.34. The molecule has 3 aromatic rings. The van der Waals surface area contributed by atoms with E-state index in [-0.39, 0.29) is 11.8 Å². The number of benzene rings is 2. The molecule has 122 valence electrons. The predicted octanol–water partition coefficient (Wildman–Crippen LogP) is 4.14. The number of aromatic nitrogens is 2. The largest absolute Gasteiger partial charge is 0.325 e. The van der Waals surface area contributed by atoms with Gasteiger partial charge in [0, 0.05) is 30.6 Å². The highest BCUT2D eigenvalue weighted by atomic mass is 16.2. The van der Waals surface area contributed by atoms with Gasteiger partial charge in [-0.3, -0.25) is 4.79 Å². The van der Waals surface area contributed by atoms with E-state index in [1.165, 1.54) is 0 Å². The molecule has 1 atom stereocenters. The summed E-state index contributed by atoms with van der Waals surface area (Å²) in [5.41, 5.74) is 3.12. The highest BCUT2D eigenvalue weighted by Gasteiger charge is 2.35. The van der Waals surface area contributed by atoms with Crippen molar-refractivity contribution in [2.75, 3.05) is 11.4 Å². The second kappa shape index (κ2) is 5.78. The highest BCUT2D eigenvalue weighted by molar-refractivity contribution is 5.96. The minimum atomic E-state index is 0.132. The van der Waals surface area contributed by atoms with Gasteiger partial charge < -0.3 is 9.47 Å². The number of para-hydroxylation sites is 3. The number of fused-ring (bicyclic) bond motifs is 1. The van der Waals surface area contributed by atoms with E-state index in [1.54, 1.807) is 0 Å². The van der Waals surface area contributed by atoms with E-state index in [1.807, 2.05) is 53.4 Å². The number of hydrogen-bond donors (Lipinski definition) is 0. The lowest BCUT2D eigenvalue weighted by Crippen LogP contribution is -2.24. The van der Waals surface area contributed by atoms with Crippen LogP contribution < -0.4 is 4.90 Å². The molecule has 4 nitrogen and oxygen atoms in total. The van der Waals surface area contributed by atoms with Gasteiger partial charge in [-0.15, -0.1) is 0 Å². The van der Waals surface area contributed by atoms with Gasteiger partial charge in [-0.2, -0.15) is 0 Å².